The number of carbonyl (C=O) groups is 1. The van der Waals surface area contributed by atoms with Gasteiger partial charge in [0.05, 0.1) is 7.11 Å². The fraction of sp³-hybridized carbons (Fsp3) is 0.278. The largest absolute Gasteiger partial charge is 0.496 e. The van der Waals surface area contributed by atoms with Crippen molar-refractivity contribution < 1.29 is 9.53 Å². The molecule has 2 aromatic carbocycles. The summed E-state index contributed by atoms with van der Waals surface area (Å²) in [7, 11) is 1.61. The summed E-state index contributed by atoms with van der Waals surface area (Å²) in [5.41, 5.74) is 8.64. The van der Waals surface area contributed by atoms with Gasteiger partial charge >= 0.3 is 0 Å². The zero-order valence-corrected chi connectivity index (χ0v) is 15.2. The van der Waals surface area contributed by atoms with E-state index in [1.54, 1.807) is 31.4 Å². The van der Waals surface area contributed by atoms with E-state index in [0.29, 0.717) is 33.8 Å². The maximum atomic E-state index is 12.4. The average molecular weight is 380 g/mol. The SMILES string of the molecule is COc1cc(C(=O)NCc2ccc(Cl)cc2Cl)ccc1C1CNNC1. The molecule has 3 rings (SSSR count). The zero-order chi connectivity index (χ0) is 17.8. The Bertz CT molecular complexity index is 777. The third-order valence-electron chi connectivity index (χ3n) is 4.21. The summed E-state index contributed by atoms with van der Waals surface area (Å²) in [4.78, 5) is 12.4. The highest BCUT2D eigenvalue weighted by Crippen LogP contribution is 2.28. The maximum absolute atomic E-state index is 12.4. The summed E-state index contributed by atoms with van der Waals surface area (Å²) < 4.78 is 5.47. The number of hydrogen-bond acceptors (Lipinski definition) is 4. The normalized spacial score (nSPS) is 14.5. The average Bonchev–Trinajstić information content (AvgIpc) is 3.14. The summed E-state index contributed by atoms with van der Waals surface area (Å²) in [6.07, 6.45) is 0. The predicted octanol–water partition coefficient (Wildman–Crippen LogP) is 3.12. The molecule has 0 radical (unpaired) electrons. The predicted molar refractivity (Wildman–Crippen MR) is 99.4 cm³/mol. The number of carbonyl (C=O) groups excluding carboxylic acids is 1. The number of ether oxygens (including phenoxy) is 1. The molecule has 7 heteroatoms. The number of hydrazine groups is 1. The first-order valence-corrected chi connectivity index (χ1v) is 8.70. The highest BCUT2D eigenvalue weighted by atomic mass is 35.5. The molecule has 0 bridgehead atoms. The van der Waals surface area contributed by atoms with Crippen LogP contribution >= 0.6 is 23.2 Å². The Hall–Kier alpha value is -1.79. The summed E-state index contributed by atoms with van der Waals surface area (Å²) in [6.45, 7) is 1.99. The Labute approximate surface area is 156 Å². The number of methoxy groups -OCH3 is 1. The van der Waals surface area contributed by atoms with Gasteiger partial charge in [-0.2, -0.15) is 0 Å². The van der Waals surface area contributed by atoms with Crippen molar-refractivity contribution in [3.8, 4) is 5.75 Å². The Balaban J connectivity index is 1.71. The van der Waals surface area contributed by atoms with Gasteiger partial charge in [-0.3, -0.25) is 15.6 Å². The van der Waals surface area contributed by atoms with Crippen molar-refractivity contribution in [3.63, 3.8) is 0 Å². The van der Waals surface area contributed by atoms with Crippen molar-refractivity contribution in [1.29, 1.82) is 0 Å². The van der Waals surface area contributed by atoms with Crippen LogP contribution in [0, 0.1) is 0 Å². The van der Waals surface area contributed by atoms with Crippen molar-refractivity contribution in [2.75, 3.05) is 20.2 Å². The van der Waals surface area contributed by atoms with Gasteiger partial charge in [-0.05, 0) is 35.4 Å². The molecule has 0 unspecified atom stereocenters. The monoisotopic (exact) mass is 379 g/mol. The van der Waals surface area contributed by atoms with E-state index in [2.05, 4.69) is 16.2 Å². The molecule has 2 aromatic rings. The van der Waals surface area contributed by atoms with Crippen LogP contribution in [0.15, 0.2) is 36.4 Å². The summed E-state index contributed by atoms with van der Waals surface area (Å²) in [6, 6.07) is 10.7. The van der Waals surface area contributed by atoms with E-state index >= 15 is 0 Å². The third-order valence-corrected chi connectivity index (χ3v) is 4.80. The molecule has 1 aliphatic heterocycles. The van der Waals surface area contributed by atoms with Crippen LogP contribution in [-0.4, -0.2) is 26.1 Å². The zero-order valence-electron chi connectivity index (χ0n) is 13.7. The summed E-state index contributed by atoms with van der Waals surface area (Å²) in [5, 5.41) is 3.96. The molecular weight excluding hydrogens is 361 g/mol. The van der Waals surface area contributed by atoms with E-state index in [4.69, 9.17) is 27.9 Å². The molecular formula is C18H19Cl2N3O2. The van der Waals surface area contributed by atoms with Crippen LogP contribution in [0.25, 0.3) is 0 Å². The highest BCUT2D eigenvalue weighted by molar-refractivity contribution is 6.35. The smallest absolute Gasteiger partial charge is 0.251 e. The van der Waals surface area contributed by atoms with Gasteiger partial charge in [0.15, 0.2) is 0 Å². The van der Waals surface area contributed by atoms with Gasteiger partial charge in [-0.1, -0.05) is 35.3 Å². The van der Waals surface area contributed by atoms with Gasteiger partial charge in [-0.25, -0.2) is 0 Å². The van der Waals surface area contributed by atoms with Crippen LogP contribution in [-0.2, 0) is 6.54 Å². The van der Waals surface area contributed by atoms with Crippen LogP contribution in [0.1, 0.15) is 27.4 Å². The van der Waals surface area contributed by atoms with E-state index in [1.807, 2.05) is 12.1 Å². The van der Waals surface area contributed by atoms with Crippen molar-refractivity contribution >= 4 is 29.1 Å². The number of amides is 1. The molecule has 0 spiro atoms. The standard InChI is InChI=1S/C18H19Cl2N3O2/c1-25-17-6-11(3-5-15(17)13-9-22-23-10-13)18(24)21-8-12-2-4-14(19)7-16(12)20/h2-7,13,22-23H,8-10H2,1H3,(H,21,24). The van der Waals surface area contributed by atoms with Crippen molar-refractivity contribution in [3.05, 3.63) is 63.1 Å². The molecule has 1 saturated heterocycles. The lowest BCUT2D eigenvalue weighted by Crippen LogP contribution is -2.23. The molecule has 0 atom stereocenters. The highest BCUT2D eigenvalue weighted by Gasteiger charge is 2.21. The van der Waals surface area contributed by atoms with Crippen LogP contribution < -0.4 is 20.9 Å². The molecule has 0 aromatic heterocycles. The minimum atomic E-state index is -0.182. The molecule has 0 saturated carbocycles. The molecule has 5 nitrogen and oxygen atoms in total. The van der Waals surface area contributed by atoms with Crippen LogP contribution in [0.5, 0.6) is 5.75 Å². The van der Waals surface area contributed by atoms with E-state index in [0.717, 1.165) is 24.2 Å². The molecule has 1 aliphatic rings. The van der Waals surface area contributed by atoms with Gasteiger partial charge in [-0.15, -0.1) is 0 Å². The fourth-order valence-corrected chi connectivity index (χ4v) is 3.29. The summed E-state index contributed by atoms with van der Waals surface area (Å²) in [5.74, 6) is 0.853. The first-order valence-electron chi connectivity index (χ1n) is 7.94. The maximum Gasteiger partial charge on any atom is 0.251 e. The Morgan fingerprint density at radius 3 is 2.64 bits per heavy atom. The second-order valence-corrected chi connectivity index (χ2v) is 6.68. The topological polar surface area (TPSA) is 62.4 Å². The van der Waals surface area contributed by atoms with Crippen molar-refractivity contribution in [2.24, 2.45) is 0 Å². The van der Waals surface area contributed by atoms with E-state index in [9.17, 15) is 4.79 Å². The molecule has 1 fully saturated rings. The molecule has 25 heavy (non-hydrogen) atoms. The Kier molecular flexibility index (Phi) is 5.81. The van der Waals surface area contributed by atoms with Crippen molar-refractivity contribution in [2.45, 2.75) is 12.5 Å². The van der Waals surface area contributed by atoms with Crippen LogP contribution in [0.2, 0.25) is 10.0 Å². The lowest BCUT2D eigenvalue weighted by Gasteiger charge is -2.15. The first-order chi connectivity index (χ1) is 12.1. The van der Waals surface area contributed by atoms with Gasteiger partial charge in [0.25, 0.3) is 5.91 Å². The molecule has 3 N–H and O–H groups in total. The minimum Gasteiger partial charge on any atom is -0.496 e. The van der Waals surface area contributed by atoms with Gasteiger partial charge in [0, 0.05) is 41.2 Å². The minimum absolute atomic E-state index is 0.182. The fourth-order valence-electron chi connectivity index (χ4n) is 2.82. The lowest BCUT2D eigenvalue weighted by atomic mass is 9.97. The van der Waals surface area contributed by atoms with Gasteiger partial charge in [0.2, 0.25) is 0 Å². The van der Waals surface area contributed by atoms with Gasteiger partial charge < -0.3 is 10.1 Å². The third kappa shape index (κ3) is 4.25. The van der Waals surface area contributed by atoms with E-state index in [1.165, 1.54) is 0 Å². The summed E-state index contributed by atoms with van der Waals surface area (Å²) >= 11 is 12.0. The van der Waals surface area contributed by atoms with E-state index < -0.39 is 0 Å². The number of halogens is 2. The molecule has 0 aliphatic carbocycles. The number of hydrogen-bond donors (Lipinski definition) is 3. The van der Waals surface area contributed by atoms with Gasteiger partial charge in [0.1, 0.15) is 5.75 Å². The molecule has 1 heterocycles. The molecule has 132 valence electrons. The lowest BCUT2D eigenvalue weighted by molar-refractivity contribution is 0.0950. The van der Waals surface area contributed by atoms with Crippen LogP contribution in [0.3, 0.4) is 0 Å². The van der Waals surface area contributed by atoms with E-state index in [-0.39, 0.29) is 5.91 Å². The Morgan fingerprint density at radius 2 is 1.96 bits per heavy atom. The van der Waals surface area contributed by atoms with Crippen LogP contribution in [0.4, 0.5) is 0 Å². The molecule has 1 amide bonds. The quantitative estimate of drug-likeness (QED) is 0.746. The first kappa shape index (κ1) is 18.0. The second-order valence-electron chi connectivity index (χ2n) is 5.83. The number of rotatable bonds is 5. The number of nitrogens with one attached hydrogen (secondary N) is 3. The number of benzene rings is 2. The Morgan fingerprint density at radius 1 is 1.20 bits per heavy atom. The van der Waals surface area contributed by atoms with Crippen molar-refractivity contribution in [1.82, 2.24) is 16.2 Å². The second kappa shape index (κ2) is 8.06.